The van der Waals surface area contributed by atoms with Gasteiger partial charge in [0.25, 0.3) is 5.91 Å². The largest absolute Gasteiger partial charge is 0.467 e. The second-order valence-corrected chi connectivity index (χ2v) is 6.42. The molecule has 0 saturated carbocycles. The Balaban J connectivity index is 2.52. The van der Waals surface area contributed by atoms with E-state index in [4.69, 9.17) is 0 Å². The summed E-state index contributed by atoms with van der Waals surface area (Å²) >= 11 is 0. The number of amides is 1. The quantitative estimate of drug-likeness (QED) is 0.358. The van der Waals surface area contributed by atoms with Crippen molar-refractivity contribution in [1.29, 1.82) is 0 Å². The molecule has 0 aromatic heterocycles. The smallest absolute Gasteiger partial charge is 0.416 e. The lowest BCUT2D eigenvalue weighted by Gasteiger charge is -2.28. The third-order valence-corrected chi connectivity index (χ3v) is 4.35. The molecule has 0 heterocycles. The zero-order valence-corrected chi connectivity index (χ0v) is 15.9. The summed E-state index contributed by atoms with van der Waals surface area (Å²) in [5.74, 6) is -2.61. The summed E-state index contributed by atoms with van der Waals surface area (Å²) in [6, 6.07) is 6.50. The van der Waals surface area contributed by atoms with Gasteiger partial charge in [0.1, 0.15) is 6.04 Å². The first-order valence-corrected chi connectivity index (χ1v) is 8.66. The second kappa shape index (κ2) is 9.36. The molecule has 0 unspecified atom stereocenters. The molecular formula is C20H16F7NO3. The molecule has 0 fully saturated rings. The molecule has 0 aliphatic heterocycles. The molecule has 0 saturated heterocycles. The highest BCUT2D eigenvalue weighted by Gasteiger charge is 2.39. The molecule has 0 aliphatic rings. The van der Waals surface area contributed by atoms with Crippen LogP contribution in [-0.2, 0) is 28.3 Å². The van der Waals surface area contributed by atoms with E-state index in [1.54, 1.807) is 30.3 Å². The van der Waals surface area contributed by atoms with E-state index in [0.717, 1.165) is 7.11 Å². The third kappa shape index (κ3) is 5.96. The van der Waals surface area contributed by atoms with E-state index in [2.05, 4.69) is 4.74 Å². The Bertz CT molecular complexity index is 894. The molecule has 11 heteroatoms. The Morgan fingerprint density at radius 2 is 1.45 bits per heavy atom. The number of methoxy groups -OCH3 is 1. The number of nitrogens with zero attached hydrogens (tertiary/aromatic N) is 1. The zero-order chi connectivity index (χ0) is 23.4. The lowest BCUT2D eigenvalue weighted by atomic mass is 10.0. The number of benzene rings is 2. The topological polar surface area (TPSA) is 46.6 Å². The van der Waals surface area contributed by atoms with Gasteiger partial charge in [0.2, 0.25) is 0 Å². The summed E-state index contributed by atoms with van der Waals surface area (Å²) in [4.78, 5) is 25.1. The average Bonchev–Trinajstić information content (AvgIpc) is 2.72. The van der Waals surface area contributed by atoms with E-state index in [1.165, 1.54) is 0 Å². The van der Waals surface area contributed by atoms with Crippen LogP contribution < -0.4 is 0 Å². The maximum Gasteiger partial charge on any atom is 0.416 e. The second-order valence-electron chi connectivity index (χ2n) is 6.42. The lowest BCUT2D eigenvalue weighted by Crippen LogP contribution is -2.46. The fourth-order valence-corrected chi connectivity index (χ4v) is 2.82. The summed E-state index contributed by atoms with van der Waals surface area (Å²) in [6.45, 7) is -1.65. The Hall–Kier alpha value is -3.11. The predicted octanol–water partition coefficient (Wildman–Crippen LogP) is 4.88. The SMILES string of the molecule is COC(=O)[C@H](Cc1ccccc1)N(CF)C(=O)c1cc(C(F)(F)F)cc(C(F)(F)F)c1. The molecule has 0 spiro atoms. The van der Waals surface area contributed by atoms with E-state index < -0.39 is 53.8 Å². The summed E-state index contributed by atoms with van der Waals surface area (Å²) in [5.41, 5.74) is -4.07. The summed E-state index contributed by atoms with van der Waals surface area (Å²) in [7, 11) is 0.952. The number of hydrogen-bond donors (Lipinski definition) is 0. The van der Waals surface area contributed by atoms with Crippen molar-refractivity contribution in [3.8, 4) is 0 Å². The molecule has 31 heavy (non-hydrogen) atoms. The van der Waals surface area contributed by atoms with Gasteiger partial charge in [-0.3, -0.25) is 9.69 Å². The highest BCUT2D eigenvalue weighted by molar-refractivity contribution is 5.97. The van der Waals surface area contributed by atoms with Gasteiger partial charge in [-0.2, -0.15) is 26.3 Å². The first-order chi connectivity index (χ1) is 14.4. The molecule has 1 atom stereocenters. The van der Waals surface area contributed by atoms with Gasteiger partial charge in [0, 0.05) is 12.0 Å². The van der Waals surface area contributed by atoms with Crippen molar-refractivity contribution in [2.45, 2.75) is 24.8 Å². The van der Waals surface area contributed by atoms with Crippen molar-refractivity contribution < 1.29 is 45.1 Å². The van der Waals surface area contributed by atoms with E-state index in [9.17, 15) is 40.3 Å². The number of ether oxygens (including phenoxy) is 1. The minimum atomic E-state index is -5.19. The molecule has 2 rings (SSSR count). The Morgan fingerprint density at radius 1 is 0.935 bits per heavy atom. The van der Waals surface area contributed by atoms with Crippen molar-refractivity contribution in [3.05, 3.63) is 70.8 Å². The Labute approximate surface area is 172 Å². The Morgan fingerprint density at radius 3 is 1.87 bits per heavy atom. The number of carbonyl (C=O) groups excluding carboxylic acids is 2. The van der Waals surface area contributed by atoms with Gasteiger partial charge in [0.15, 0.2) is 6.80 Å². The van der Waals surface area contributed by atoms with Gasteiger partial charge in [-0.05, 0) is 23.8 Å². The molecular weight excluding hydrogens is 435 g/mol. The van der Waals surface area contributed by atoms with Gasteiger partial charge in [-0.15, -0.1) is 0 Å². The summed E-state index contributed by atoms with van der Waals surface area (Å²) < 4.78 is 96.7. The monoisotopic (exact) mass is 451 g/mol. The summed E-state index contributed by atoms with van der Waals surface area (Å²) in [6.07, 6.45) is -10.7. The van der Waals surface area contributed by atoms with Crippen molar-refractivity contribution in [1.82, 2.24) is 4.90 Å². The number of rotatable bonds is 6. The van der Waals surface area contributed by atoms with E-state index in [1.807, 2.05) is 0 Å². The summed E-state index contributed by atoms with van der Waals surface area (Å²) in [5, 5.41) is 0. The molecule has 1 amide bonds. The highest BCUT2D eigenvalue weighted by Crippen LogP contribution is 2.36. The number of carbonyl (C=O) groups is 2. The highest BCUT2D eigenvalue weighted by atomic mass is 19.4. The van der Waals surface area contributed by atoms with Gasteiger partial charge in [-0.1, -0.05) is 30.3 Å². The van der Waals surface area contributed by atoms with E-state index in [-0.39, 0.29) is 29.5 Å². The normalized spacial score (nSPS) is 12.9. The number of esters is 1. The average molecular weight is 451 g/mol. The van der Waals surface area contributed by atoms with Crippen LogP contribution in [0.2, 0.25) is 0 Å². The third-order valence-electron chi connectivity index (χ3n) is 4.35. The van der Waals surface area contributed by atoms with E-state index >= 15 is 0 Å². The van der Waals surface area contributed by atoms with Crippen molar-refractivity contribution in [3.63, 3.8) is 0 Å². The maximum absolute atomic E-state index is 13.8. The molecule has 2 aromatic carbocycles. The minimum Gasteiger partial charge on any atom is -0.467 e. The van der Waals surface area contributed by atoms with Crippen LogP contribution in [0.25, 0.3) is 0 Å². The van der Waals surface area contributed by atoms with Crippen LogP contribution in [-0.4, -0.2) is 36.7 Å². The van der Waals surface area contributed by atoms with Crippen LogP contribution in [0.4, 0.5) is 30.7 Å². The first-order valence-electron chi connectivity index (χ1n) is 8.66. The van der Waals surface area contributed by atoms with Crippen molar-refractivity contribution >= 4 is 11.9 Å². The molecule has 0 bridgehead atoms. The van der Waals surface area contributed by atoms with Crippen LogP contribution in [0.1, 0.15) is 27.0 Å². The molecule has 2 aromatic rings. The van der Waals surface area contributed by atoms with Gasteiger partial charge >= 0.3 is 18.3 Å². The molecule has 0 aliphatic carbocycles. The van der Waals surface area contributed by atoms with Crippen LogP contribution >= 0.6 is 0 Å². The van der Waals surface area contributed by atoms with Gasteiger partial charge < -0.3 is 4.74 Å². The standard InChI is InChI=1S/C20H16F7NO3/c1-31-18(30)16(7-12-5-3-2-4-6-12)28(11-21)17(29)13-8-14(19(22,23)24)10-15(9-13)20(25,26)27/h2-6,8-10,16H,7,11H2,1H3/t16-/m0/s1. The van der Waals surface area contributed by atoms with Crippen molar-refractivity contribution in [2.24, 2.45) is 0 Å². The first kappa shape index (κ1) is 24.2. The minimum absolute atomic E-state index is 0.154. The molecule has 0 N–H and O–H groups in total. The molecule has 168 valence electrons. The van der Waals surface area contributed by atoms with Crippen LogP contribution in [0.5, 0.6) is 0 Å². The number of alkyl halides is 7. The maximum atomic E-state index is 13.8. The number of hydrogen-bond acceptors (Lipinski definition) is 3. The van der Waals surface area contributed by atoms with Crippen molar-refractivity contribution in [2.75, 3.05) is 13.9 Å². The van der Waals surface area contributed by atoms with Crippen LogP contribution in [0, 0.1) is 0 Å². The molecule has 0 radical (unpaired) electrons. The fraction of sp³-hybridized carbons (Fsp3) is 0.300. The van der Waals surface area contributed by atoms with Gasteiger partial charge in [0.05, 0.1) is 18.2 Å². The Kier molecular flexibility index (Phi) is 7.29. The van der Waals surface area contributed by atoms with Gasteiger partial charge in [-0.25, -0.2) is 9.18 Å². The number of halogens is 7. The fourth-order valence-electron chi connectivity index (χ4n) is 2.82. The predicted molar refractivity (Wildman–Crippen MR) is 94.5 cm³/mol. The lowest BCUT2D eigenvalue weighted by molar-refractivity contribution is -0.147. The van der Waals surface area contributed by atoms with Crippen LogP contribution in [0.15, 0.2) is 48.5 Å². The molecule has 4 nitrogen and oxygen atoms in total. The van der Waals surface area contributed by atoms with E-state index in [0.29, 0.717) is 5.56 Å². The zero-order valence-electron chi connectivity index (χ0n) is 15.9. The van der Waals surface area contributed by atoms with Crippen LogP contribution in [0.3, 0.4) is 0 Å².